The number of rotatable bonds is 5. The lowest BCUT2D eigenvalue weighted by molar-refractivity contribution is -0.113. The first-order valence-electron chi connectivity index (χ1n) is 8.48. The van der Waals surface area contributed by atoms with Crippen LogP contribution in [-0.2, 0) is 11.2 Å². The van der Waals surface area contributed by atoms with Gasteiger partial charge in [0.2, 0.25) is 5.91 Å². The first kappa shape index (κ1) is 16.6. The Hall–Kier alpha value is -2.86. The van der Waals surface area contributed by atoms with Gasteiger partial charge in [0, 0.05) is 16.6 Å². The van der Waals surface area contributed by atoms with E-state index in [1.54, 1.807) is 6.33 Å². The van der Waals surface area contributed by atoms with E-state index < -0.39 is 0 Å². The average molecular weight is 362 g/mol. The first-order valence-corrected chi connectivity index (χ1v) is 9.47. The number of para-hydroxylation sites is 2. The zero-order chi connectivity index (χ0) is 17.9. The van der Waals surface area contributed by atoms with Gasteiger partial charge in [-0.25, -0.2) is 9.97 Å². The van der Waals surface area contributed by atoms with Crippen LogP contribution in [0.25, 0.3) is 21.9 Å². The van der Waals surface area contributed by atoms with Crippen molar-refractivity contribution in [2.75, 3.05) is 11.1 Å². The van der Waals surface area contributed by atoms with E-state index in [1.165, 1.54) is 11.8 Å². The molecule has 6 heteroatoms. The maximum Gasteiger partial charge on any atom is 0.234 e. The maximum absolute atomic E-state index is 12.4. The quantitative estimate of drug-likeness (QED) is 0.408. The van der Waals surface area contributed by atoms with Gasteiger partial charge in [0.05, 0.1) is 11.3 Å². The number of aromatic amines is 1. The number of carbonyl (C=O) groups is 1. The molecule has 0 aliphatic rings. The second kappa shape index (κ2) is 7.17. The Bertz CT molecular complexity index is 1090. The number of aromatic nitrogens is 3. The Morgan fingerprint density at radius 3 is 2.81 bits per heavy atom. The Balaban J connectivity index is 1.53. The summed E-state index contributed by atoms with van der Waals surface area (Å²) >= 11 is 1.41. The van der Waals surface area contributed by atoms with Crippen LogP contribution in [0.3, 0.4) is 0 Å². The highest BCUT2D eigenvalue weighted by Crippen LogP contribution is 2.29. The highest BCUT2D eigenvalue weighted by Gasteiger charge is 2.13. The molecule has 2 N–H and O–H groups in total. The van der Waals surface area contributed by atoms with Crippen molar-refractivity contribution in [3.05, 3.63) is 60.4 Å². The van der Waals surface area contributed by atoms with E-state index in [2.05, 4.69) is 27.2 Å². The number of hydrogen-bond donors (Lipinski definition) is 2. The minimum atomic E-state index is -0.0428. The summed E-state index contributed by atoms with van der Waals surface area (Å²) in [5, 5.41) is 4.84. The Morgan fingerprint density at radius 1 is 1.12 bits per heavy atom. The molecule has 130 valence electrons. The number of hydrogen-bond acceptors (Lipinski definition) is 4. The van der Waals surface area contributed by atoms with E-state index in [4.69, 9.17) is 0 Å². The molecule has 0 unspecified atom stereocenters. The van der Waals surface area contributed by atoms with Gasteiger partial charge in [-0.1, -0.05) is 55.1 Å². The summed E-state index contributed by atoms with van der Waals surface area (Å²) in [5.41, 5.74) is 4.78. The number of fused-ring (bicyclic) bond motifs is 3. The van der Waals surface area contributed by atoms with Gasteiger partial charge in [0.15, 0.2) is 0 Å². The van der Waals surface area contributed by atoms with Crippen molar-refractivity contribution in [3.63, 3.8) is 0 Å². The fourth-order valence-electron chi connectivity index (χ4n) is 3.00. The van der Waals surface area contributed by atoms with E-state index >= 15 is 0 Å². The second-order valence-corrected chi connectivity index (χ2v) is 6.88. The third kappa shape index (κ3) is 3.15. The Kier molecular flexibility index (Phi) is 4.58. The lowest BCUT2D eigenvalue weighted by Gasteiger charge is -2.09. The van der Waals surface area contributed by atoms with Crippen molar-refractivity contribution in [3.8, 4) is 0 Å². The molecule has 0 aliphatic heterocycles. The highest BCUT2D eigenvalue weighted by atomic mass is 32.2. The molecule has 5 nitrogen and oxygen atoms in total. The number of amides is 1. The lowest BCUT2D eigenvalue weighted by Crippen LogP contribution is -2.15. The van der Waals surface area contributed by atoms with Crippen molar-refractivity contribution in [1.29, 1.82) is 0 Å². The van der Waals surface area contributed by atoms with E-state index in [1.807, 2.05) is 48.5 Å². The predicted octanol–water partition coefficient (Wildman–Crippen LogP) is 4.40. The van der Waals surface area contributed by atoms with Crippen LogP contribution in [0, 0.1) is 0 Å². The van der Waals surface area contributed by atoms with Gasteiger partial charge >= 0.3 is 0 Å². The standard InChI is InChI=1S/C20H18N4OS/c1-2-13-7-3-5-9-15(13)23-17(25)11-26-20-19-18(21-12-22-20)14-8-4-6-10-16(14)24-19/h3-10,12,24H,2,11H2,1H3,(H,23,25). The number of carbonyl (C=O) groups excluding carboxylic acids is 1. The number of thioether (sulfide) groups is 1. The number of benzene rings is 2. The van der Waals surface area contributed by atoms with E-state index in [0.29, 0.717) is 5.75 Å². The highest BCUT2D eigenvalue weighted by molar-refractivity contribution is 8.00. The van der Waals surface area contributed by atoms with Gasteiger partial charge < -0.3 is 10.3 Å². The lowest BCUT2D eigenvalue weighted by atomic mass is 10.1. The summed E-state index contributed by atoms with van der Waals surface area (Å²) in [4.78, 5) is 24.5. The molecular weight excluding hydrogens is 344 g/mol. The molecule has 2 aromatic heterocycles. The topological polar surface area (TPSA) is 70.7 Å². The molecule has 0 radical (unpaired) electrons. The van der Waals surface area contributed by atoms with E-state index in [9.17, 15) is 4.79 Å². The number of nitrogens with zero attached hydrogens (tertiary/aromatic N) is 2. The molecule has 0 fully saturated rings. The molecule has 0 saturated heterocycles. The largest absolute Gasteiger partial charge is 0.351 e. The molecule has 26 heavy (non-hydrogen) atoms. The predicted molar refractivity (Wildman–Crippen MR) is 107 cm³/mol. The summed E-state index contributed by atoms with van der Waals surface area (Å²) in [6, 6.07) is 15.9. The summed E-state index contributed by atoms with van der Waals surface area (Å²) in [7, 11) is 0. The first-order chi connectivity index (χ1) is 12.8. The Morgan fingerprint density at radius 2 is 1.92 bits per heavy atom. The van der Waals surface area contributed by atoms with Gasteiger partial charge in [-0.15, -0.1) is 0 Å². The van der Waals surface area contributed by atoms with Crippen LogP contribution in [0.4, 0.5) is 5.69 Å². The van der Waals surface area contributed by atoms with Crippen molar-refractivity contribution in [2.24, 2.45) is 0 Å². The van der Waals surface area contributed by atoms with Crippen LogP contribution >= 0.6 is 11.8 Å². The number of aryl methyl sites for hydroxylation is 1. The van der Waals surface area contributed by atoms with Crippen LogP contribution in [0.15, 0.2) is 59.9 Å². The van der Waals surface area contributed by atoms with Crippen LogP contribution in [0.5, 0.6) is 0 Å². The van der Waals surface area contributed by atoms with Crippen LogP contribution < -0.4 is 5.32 Å². The SMILES string of the molecule is CCc1ccccc1NC(=O)CSc1ncnc2c1[nH]c1ccccc12. The fraction of sp³-hybridized carbons (Fsp3) is 0.150. The minimum Gasteiger partial charge on any atom is -0.351 e. The van der Waals surface area contributed by atoms with Gasteiger partial charge in [0.25, 0.3) is 0 Å². The van der Waals surface area contributed by atoms with E-state index in [0.717, 1.165) is 44.6 Å². The van der Waals surface area contributed by atoms with Gasteiger partial charge in [-0.2, -0.15) is 0 Å². The molecule has 4 rings (SSSR count). The fourth-order valence-corrected chi connectivity index (χ4v) is 3.75. The summed E-state index contributed by atoms with van der Waals surface area (Å²) < 4.78 is 0. The molecule has 2 aromatic carbocycles. The average Bonchev–Trinajstić information content (AvgIpc) is 3.06. The molecule has 0 bridgehead atoms. The van der Waals surface area contributed by atoms with Crippen LogP contribution in [0.2, 0.25) is 0 Å². The second-order valence-electron chi connectivity index (χ2n) is 5.92. The van der Waals surface area contributed by atoms with Crippen molar-refractivity contribution >= 4 is 45.3 Å². The minimum absolute atomic E-state index is 0.0428. The molecule has 0 atom stereocenters. The molecular formula is C20H18N4OS. The van der Waals surface area contributed by atoms with Crippen LogP contribution in [0.1, 0.15) is 12.5 Å². The zero-order valence-electron chi connectivity index (χ0n) is 14.3. The summed E-state index contributed by atoms with van der Waals surface area (Å²) in [6.07, 6.45) is 2.43. The number of nitrogens with one attached hydrogen (secondary N) is 2. The smallest absolute Gasteiger partial charge is 0.234 e. The third-order valence-electron chi connectivity index (χ3n) is 4.27. The van der Waals surface area contributed by atoms with Crippen molar-refractivity contribution in [2.45, 2.75) is 18.4 Å². The molecule has 0 saturated carbocycles. The molecule has 1 amide bonds. The third-order valence-corrected chi connectivity index (χ3v) is 5.26. The number of anilines is 1. The van der Waals surface area contributed by atoms with Gasteiger partial charge in [-0.05, 0) is 24.1 Å². The summed E-state index contributed by atoms with van der Waals surface area (Å²) in [5.74, 6) is 0.248. The number of H-pyrrole nitrogens is 1. The molecule has 0 aliphatic carbocycles. The Labute approximate surface area is 155 Å². The maximum atomic E-state index is 12.4. The van der Waals surface area contributed by atoms with Gasteiger partial charge in [-0.3, -0.25) is 4.79 Å². The molecule has 2 heterocycles. The van der Waals surface area contributed by atoms with Crippen LogP contribution in [-0.4, -0.2) is 26.6 Å². The normalized spacial score (nSPS) is 11.1. The van der Waals surface area contributed by atoms with Crippen molar-refractivity contribution in [1.82, 2.24) is 15.0 Å². The van der Waals surface area contributed by atoms with E-state index in [-0.39, 0.29) is 5.91 Å². The monoisotopic (exact) mass is 362 g/mol. The molecule has 0 spiro atoms. The molecule has 4 aromatic rings. The summed E-state index contributed by atoms with van der Waals surface area (Å²) in [6.45, 7) is 2.08. The van der Waals surface area contributed by atoms with Crippen molar-refractivity contribution < 1.29 is 4.79 Å². The zero-order valence-corrected chi connectivity index (χ0v) is 15.1. The van der Waals surface area contributed by atoms with Gasteiger partial charge in [0.1, 0.15) is 16.9 Å².